The monoisotopic (exact) mass is 1650 g/mol. The van der Waals surface area contributed by atoms with Crippen LogP contribution in [0.4, 0.5) is 9.59 Å². The van der Waals surface area contributed by atoms with Crippen LogP contribution in [0.1, 0.15) is 199 Å². The Morgan fingerprint density at radius 1 is 0.453 bits per heavy atom. The smallest absolute Gasteiger partial charge is 0.410 e. The molecular weight excluding hydrogens is 1540 g/mol. The minimum atomic E-state index is -1.08. The van der Waals surface area contributed by atoms with Crippen LogP contribution in [0, 0.1) is 23.7 Å². The number of nitrogens with one attached hydrogen (secondary N) is 2. The van der Waals surface area contributed by atoms with Crippen molar-refractivity contribution in [2.45, 2.75) is 224 Å². The quantitative estimate of drug-likeness (QED) is 0.0553. The van der Waals surface area contributed by atoms with E-state index in [0.29, 0.717) is 38.8 Å². The molecule has 4 aliphatic rings. The number of likely N-dealkylation sites (tertiary alicyclic amines) is 2. The van der Waals surface area contributed by atoms with Gasteiger partial charge in [0.1, 0.15) is 41.2 Å². The van der Waals surface area contributed by atoms with E-state index in [9.17, 15) is 53.1 Å². The van der Waals surface area contributed by atoms with Crippen LogP contribution < -0.4 is 10.6 Å². The summed E-state index contributed by atoms with van der Waals surface area (Å²) < 4.78 is 10.9. The van der Waals surface area contributed by atoms with Crippen LogP contribution in [0.25, 0.3) is 0 Å². The van der Waals surface area contributed by atoms with Crippen molar-refractivity contribution in [3.63, 3.8) is 0 Å². The van der Waals surface area contributed by atoms with Gasteiger partial charge in [0.05, 0.1) is 18.0 Å². The number of hydrogen-bond donors (Lipinski definition) is 3. The Labute approximate surface area is 700 Å². The molecule has 8 atom stereocenters. The normalized spacial score (nSPS) is 17.1. The van der Waals surface area contributed by atoms with Crippen molar-refractivity contribution in [3.05, 3.63) is 144 Å². The molecule has 8 rings (SSSR count). The number of aliphatic carboxylic acids is 1. The largest absolute Gasteiger partial charge is 0.481 e. The Morgan fingerprint density at radius 3 is 0.991 bits per heavy atom. The van der Waals surface area contributed by atoms with Gasteiger partial charge in [-0.15, -0.1) is 0 Å². The number of Topliss-reactive ketones (excluding diaryl/α,β-unsaturated/α-hetero) is 3. The van der Waals surface area contributed by atoms with E-state index >= 15 is 0 Å². The van der Waals surface area contributed by atoms with E-state index in [1.54, 1.807) is 72.1 Å². The summed E-state index contributed by atoms with van der Waals surface area (Å²) in [5.41, 5.74) is 2.07. The van der Waals surface area contributed by atoms with Crippen LogP contribution in [0.5, 0.6) is 0 Å². The average Bonchev–Trinajstić information content (AvgIpc) is 1.40. The van der Waals surface area contributed by atoms with Crippen LogP contribution in [0.3, 0.4) is 0 Å². The molecule has 19 nitrogen and oxygen atoms in total. The molecule has 4 fully saturated rings. The van der Waals surface area contributed by atoms with E-state index in [-0.39, 0.29) is 195 Å². The van der Waals surface area contributed by atoms with Gasteiger partial charge in [0.2, 0.25) is 23.6 Å². The molecule has 2 saturated carbocycles. The molecule has 2 aliphatic carbocycles. The molecule has 592 valence electrons. The summed E-state index contributed by atoms with van der Waals surface area (Å²) in [7, 11) is 3.00. The summed E-state index contributed by atoms with van der Waals surface area (Å²) in [4.78, 5) is 141. The van der Waals surface area contributed by atoms with Gasteiger partial charge < -0.3 is 35.0 Å². The molecule has 3 N–H and O–H groups in total. The molecule has 2 aliphatic heterocycles. The molecule has 0 aromatic heterocycles. The third-order valence-electron chi connectivity index (χ3n) is 19.6. The Bertz CT molecular complexity index is 3030. The molecular formula is C77H120BN6O13S8V. The van der Waals surface area contributed by atoms with Crippen LogP contribution in [-0.4, -0.2) is 167 Å². The first kappa shape index (κ1) is 108. The third-order valence-corrected chi connectivity index (χ3v) is 19.6. The molecule has 2 heterocycles. The van der Waals surface area contributed by atoms with E-state index in [2.05, 4.69) is 10.6 Å². The number of ketones is 3. The molecule has 106 heavy (non-hydrogen) atoms. The fraction of sp³-hybridized carbons (Fsp3) is 0.558. The van der Waals surface area contributed by atoms with Crippen molar-refractivity contribution in [2.75, 3.05) is 27.2 Å². The fourth-order valence-corrected chi connectivity index (χ4v) is 14.2. The Kier molecular flexibility index (Phi) is 51.7. The van der Waals surface area contributed by atoms with Crippen molar-refractivity contribution in [2.24, 2.45) is 23.7 Å². The summed E-state index contributed by atoms with van der Waals surface area (Å²) in [6.07, 6.45) is 9.72. The van der Waals surface area contributed by atoms with Crippen molar-refractivity contribution in [1.29, 1.82) is 0 Å². The van der Waals surface area contributed by atoms with E-state index < -0.39 is 95.2 Å². The van der Waals surface area contributed by atoms with Gasteiger partial charge in [-0.25, -0.2) is 9.59 Å². The fourth-order valence-electron chi connectivity index (χ4n) is 14.2. The minimum absolute atomic E-state index is 0. The zero-order valence-corrected chi connectivity index (χ0v) is 72.8. The maximum absolute atomic E-state index is 14.4. The second-order valence-electron chi connectivity index (χ2n) is 28.8. The van der Waals surface area contributed by atoms with Gasteiger partial charge in [-0.05, 0) is 148 Å². The molecule has 4 aromatic rings. The van der Waals surface area contributed by atoms with Crippen molar-refractivity contribution in [1.82, 2.24) is 30.2 Å². The summed E-state index contributed by atoms with van der Waals surface area (Å²) in [5, 5.41) is 16.4. The van der Waals surface area contributed by atoms with E-state index in [4.69, 9.17) is 9.47 Å². The maximum atomic E-state index is 14.4. The minimum Gasteiger partial charge on any atom is -0.481 e. The van der Waals surface area contributed by atoms with E-state index in [1.165, 1.54) is 23.9 Å². The van der Waals surface area contributed by atoms with Crippen LogP contribution in [0.2, 0.25) is 0 Å². The number of carboxylic acids is 1. The number of carbonyl (C=O) groups excluding carboxylic acids is 9. The number of carbonyl (C=O) groups is 10. The predicted molar refractivity (Wildman–Crippen MR) is 456 cm³/mol. The number of carboxylic acid groups (broad SMARTS) is 1. The molecule has 0 spiro atoms. The maximum Gasteiger partial charge on any atom is 0.410 e. The van der Waals surface area contributed by atoms with Crippen molar-refractivity contribution >= 4 is 176 Å². The summed E-state index contributed by atoms with van der Waals surface area (Å²) >= 11 is 0. The van der Waals surface area contributed by atoms with Gasteiger partial charge >= 0.3 is 18.2 Å². The zero-order chi connectivity index (χ0) is 70.0. The van der Waals surface area contributed by atoms with Gasteiger partial charge in [-0.3, -0.25) is 48.2 Å². The third kappa shape index (κ3) is 30.5. The second kappa shape index (κ2) is 50.9. The molecule has 29 heteroatoms. The Morgan fingerprint density at radius 2 is 0.726 bits per heavy atom. The molecule has 4 aromatic carbocycles. The molecule has 0 bridgehead atoms. The first-order valence-electron chi connectivity index (χ1n) is 34.7. The summed E-state index contributed by atoms with van der Waals surface area (Å²) in [6, 6.07) is 33.3. The Hall–Kier alpha value is -4.77. The second-order valence-corrected chi connectivity index (χ2v) is 28.8. The van der Waals surface area contributed by atoms with Crippen molar-refractivity contribution < 1.29 is 81.1 Å². The predicted octanol–water partition coefficient (Wildman–Crippen LogP) is 12.6. The Balaban J connectivity index is -0.000000897. The van der Waals surface area contributed by atoms with Gasteiger partial charge in [0.25, 0.3) is 0 Å². The number of rotatable bonds is 24. The van der Waals surface area contributed by atoms with Crippen LogP contribution in [-0.2, 0) is 66.4 Å². The van der Waals surface area contributed by atoms with Gasteiger partial charge in [0, 0.05) is 84.7 Å². The first-order chi connectivity index (χ1) is 45.6. The molecule has 2 saturated heterocycles. The average molecular weight is 1660 g/mol. The van der Waals surface area contributed by atoms with Gasteiger partial charge in [0.15, 0.2) is 11.6 Å². The number of nitrogens with zero attached hydrogens (tertiary/aromatic N) is 4. The van der Waals surface area contributed by atoms with Gasteiger partial charge in [-0.2, -0.15) is 108 Å². The summed E-state index contributed by atoms with van der Waals surface area (Å²) in [6.45, 7) is 16.0. The first-order valence-corrected chi connectivity index (χ1v) is 34.7. The van der Waals surface area contributed by atoms with E-state index in [1.807, 2.05) is 121 Å². The number of amides is 6. The van der Waals surface area contributed by atoms with Crippen molar-refractivity contribution in [3.8, 4) is 0 Å². The number of hydrogen-bond acceptors (Lipinski definition) is 12. The SMILES string of the molecule is CC(=O)[C@@H](CC(=O)[C@@H]1CCCN1C(=O)[C@@H](NC(=O)[C@H](C)N(C)C(=O)OC(C)(C)C)C1CCCCC1)C(c1ccccc1)c1ccccc1.C[C@@H](C(=O)N[C@H](C(=O)N1CCC[C@H]1C(=O)C[C@H](C(=O)O)C(c1ccccc1)c1ccccc1)C1CCCCC1)N(C)C(=O)OC(C)(C)C.S.S.S.S.S.S.S.S.[B].[V]. The number of benzene rings is 4. The van der Waals surface area contributed by atoms with Crippen LogP contribution >= 0.6 is 108 Å². The molecule has 4 radical (unpaired) electrons. The molecule has 0 unspecified atom stereocenters. The summed E-state index contributed by atoms with van der Waals surface area (Å²) in [5.74, 6) is -5.79. The number of ether oxygens (including phenoxy) is 2. The number of likely N-dealkylation sites (N-methyl/N-ethyl adjacent to an activating group) is 2. The van der Waals surface area contributed by atoms with E-state index in [0.717, 1.165) is 86.5 Å². The topological polar surface area (TPSA) is 246 Å². The zero-order valence-electron chi connectivity index (χ0n) is 63.4. The van der Waals surface area contributed by atoms with Gasteiger partial charge in [-0.1, -0.05) is 160 Å². The van der Waals surface area contributed by atoms with Crippen LogP contribution in [0.15, 0.2) is 121 Å². The standard InChI is InChI=1S/C39H53N3O6.C38H51N3O7.B.8H2S.V/c1-26(41(6)38(47)48-39(3,4)5)36(45)40-35(30-21-14-9-15-22-30)37(46)42-24-16-23-32(42)33(44)25-31(27(2)43)34(28-17-10-7-11-18-28)29-19-12-8-13-20-29;1-25(40(5)37(47)48-38(2,3)4)34(43)39-33(28-20-13-8-14-21-28)35(44)41-23-15-22-30(41)31(42)24-29(36(45)46)32(26-16-9-6-10-17-26)27-18-11-7-12-19-27;;;;;;;;;;/h7-8,10-13,17-20,26,30-32,34-35H,9,14-16,21-25H2,1-6H3,(H,40,45);6-7,9-12,16-19,25,28-30,32-33H,8,13-15,20-24H2,1-5H3,(H,39,43)(H,45,46);;8*1H2;/t26-,31+,32-,35-;25-,29-,30-,33-;;;;;;;;;;/m00........../s1. The molecule has 6 amide bonds.